The standard InChI is InChI=1S/C29H30FN6O6P/c30-22-14-24(41-28(22)36-17-34-25-26(31)32-16-33-27(25)36)40-18-43(38,42-21-9-5-2-6-10-21)35-23(13-19-7-3-1-4-8-19)29(37)39-15-20-11-12-20/h1-10,14,16-17,20,23-24,28H,11-13,15,18H2,(H,35,38)(H2,31,32,33)/t23?,24-,28+,43?/m0/s1. The predicted molar refractivity (Wildman–Crippen MR) is 154 cm³/mol. The summed E-state index contributed by atoms with van der Waals surface area (Å²) in [7, 11) is -3.98. The van der Waals surface area contributed by atoms with Crippen molar-refractivity contribution in [2.24, 2.45) is 5.92 Å². The van der Waals surface area contributed by atoms with Crippen LogP contribution in [0.4, 0.5) is 10.2 Å². The van der Waals surface area contributed by atoms with E-state index in [-0.39, 0.29) is 17.9 Å². The monoisotopic (exact) mass is 608 g/mol. The highest BCUT2D eigenvalue weighted by molar-refractivity contribution is 7.57. The molecule has 2 aliphatic rings. The molecule has 0 bridgehead atoms. The van der Waals surface area contributed by atoms with Gasteiger partial charge in [-0.05, 0) is 42.9 Å². The van der Waals surface area contributed by atoms with Gasteiger partial charge in [-0.3, -0.25) is 13.9 Å². The lowest BCUT2D eigenvalue weighted by Gasteiger charge is -2.26. The molecule has 12 nitrogen and oxygen atoms in total. The minimum absolute atomic E-state index is 0.143. The van der Waals surface area contributed by atoms with Gasteiger partial charge in [-0.15, -0.1) is 0 Å². The van der Waals surface area contributed by atoms with Gasteiger partial charge in [-0.1, -0.05) is 48.5 Å². The summed E-state index contributed by atoms with van der Waals surface area (Å²) in [5, 5.41) is 2.89. The van der Waals surface area contributed by atoms with E-state index < -0.39 is 44.2 Å². The molecule has 43 heavy (non-hydrogen) atoms. The highest BCUT2D eigenvalue weighted by atomic mass is 31.2. The zero-order valence-corrected chi connectivity index (χ0v) is 23.9. The number of ether oxygens (including phenoxy) is 3. The van der Waals surface area contributed by atoms with E-state index in [4.69, 9.17) is 24.5 Å². The van der Waals surface area contributed by atoms with Crippen molar-refractivity contribution in [2.75, 3.05) is 18.7 Å². The van der Waals surface area contributed by atoms with Gasteiger partial charge in [0.15, 0.2) is 36.2 Å². The van der Waals surface area contributed by atoms with Crippen LogP contribution in [0.5, 0.6) is 5.75 Å². The number of nitrogens with two attached hydrogens (primary N) is 1. The van der Waals surface area contributed by atoms with Crippen molar-refractivity contribution in [3.63, 3.8) is 0 Å². The molecule has 1 fully saturated rings. The second-order valence-corrected chi connectivity index (χ2v) is 12.4. The molecule has 2 aromatic carbocycles. The van der Waals surface area contributed by atoms with Crippen LogP contribution < -0.4 is 15.3 Å². The molecule has 1 saturated carbocycles. The number of imidazole rings is 1. The number of benzene rings is 2. The van der Waals surface area contributed by atoms with Gasteiger partial charge >= 0.3 is 13.5 Å². The Labute approximate surface area is 246 Å². The summed E-state index contributed by atoms with van der Waals surface area (Å²) in [5.41, 5.74) is 7.25. The number of fused-ring (bicyclic) bond motifs is 1. The summed E-state index contributed by atoms with van der Waals surface area (Å²) >= 11 is 0. The molecule has 14 heteroatoms. The number of anilines is 1. The molecule has 3 heterocycles. The average Bonchev–Trinajstić information content (AvgIpc) is 3.62. The zero-order valence-electron chi connectivity index (χ0n) is 23.0. The van der Waals surface area contributed by atoms with Crippen LogP contribution in [0.1, 0.15) is 24.6 Å². The van der Waals surface area contributed by atoms with Gasteiger partial charge in [-0.25, -0.2) is 24.4 Å². The number of halogens is 1. The second kappa shape index (κ2) is 12.6. The van der Waals surface area contributed by atoms with Crippen molar-refractivity contribution in [3.8, 4) is 5.75 Å². The molecule has 224 valence electrons. The minimum Gasteiger partial charge on any atom is -0.464 e. The van der Waals surface area contributed by atoms with Gasteiger partial charge in [0, 0.05) is 6.08 Å². The molecule has 1 aliphatic heterocycles. The Hall–Kier alpha value is -4.16. The van der Waals surface area contributed by atoms with E-state index in [2.05, 4.69) is 20.0 Å². The third-order valence-electron chi connectivity index (χ3n) is 6.92. The number of nitrogen functional groups attached to an aromatic ring is 1. The maximum Gasteiger partial charge on any atom is 0.342 e. The summed E-state index contributed by atoms with van der Waals surface area (Å²) in [6.45, 7) is 0.299. The summed E-state index contributed by atoms with van der Waals surface area (Å²) in [6, 6.07) is 16.8. The van der Waals surface area contributed by atoms with E-state index in [9.17, 15) is 9.36 Å². The fourth-order valence-electron chi connectivity index (χ4n) is 4.54. The fourth-order valence-corrected chi connectivity index (χ4v) is 6.20. The van der Waals surface area contributed by atoms with Crippen LogP contribution in [-0.2, 0) is 30.0 Å². The van der Waals surface area contributed by atoms with Crippen molar-refractivity contribution in [1.29, 1.82) is 0 Å². The number of nitrogens with zero attached hydrogens (tertiary/aromatic N) is 4. The number of hydrogen-bond donors (Lipinski definition) is 2. The average molecular weight is 609 g/mol. The van der Waals surface area contributed by atoms with Crippen molar-refractivity contribution in [3.05, 3.63) is 90.8 Å². The third kappa shape index (κ3) is 7.08. The highest BCUT2D eigenvalue weighted by Gasteiger charge is 2.37. The lowest BCUT2D eigenvalue weighted by atomic mass is 10.1. The summed E-state index contributed by atoms with van der Waals surface area (Å²) in [5.74, 6) is -0.435. The van der Waals surface area contributed by atoms with Gasteiger partial charge < -0.3 is 24.5 Å². The number of aromatic nitrogens is 4. The number of carbonyl (C=O) groups excluding carboxylic acids is 1. The molecule has 3 N–H and O–H groups in total. The van der Waals surface area contributed by atoms with Crippen LogP contribution in [-0.4, -0.2) is 50.8 Å². The van der Waals surface area contributed by atoms with Crippen molar-refractivity contribution in [1.82, 2.24) is 24.6 Å². The van der Waals surface area contributed by atoms with Crippen molar-refractivity contribution >= 4 is 30.5 Å². The molecule has 0 radical (unpaired) electrons. The third-order valence-corrected chi connectivity index (χ3v) is 8.62. The zero-order chi connectivity index (χ0) is 29.8. The number of nitrogens with one attached hydrogen (secondary N) is 1. The Morgan fingerprint density at radius 1 is 1.12 bits per heavy atom. The first-order chi connectivity index (χ1) is 20.9. The largest absolute Gasteiger partial charge is 0.464 e. The van der Waals surface area contributed by atoms with Gasteiger partial charge in [-0.2, -0.15) is 0 Å². The molecule has 0 spiro atoms. The Bertz CT molecular complexity index is 1650. The van der Waals surface area contributed by atoms with Crippen LogP contribution in [0.2, 0.25) is 0 Å². The molecular formula is C29H30FN6O6P. The van der Waals surface area contributed by atoms with Crippen molar-refractivity contribution < 1.29 is 32.5 Å². The van der Waals surface area contributed by atoms with Crippen LogP contribution in [0.25, 0.3) is 11.2 Å². The smallest absolute Gasteiger partial charge is 0.342 e. The number of carbonyl (C=O) groups is 1. The topological polar surface area (TPSA) is 153 Å². The normalized spacial score (nSPS) is 20.3. The molecule has 1 aliphatic carbocycles. The van der Waals surface area contributed by atoms with Crippen LogP contribution in [0.15, 0.2) is 85.2 Å². The summed E-state index contributed by atoms with van der Waals surface area (Å²) < 4.78 is 53.8. The van der Waals surface area contributed by atoms with E-state index in [1.54, 1.807) is 30.3 Å². The van der Waals surface area contributed by atoms with E-state index in [0.717, 1.165) is 24.5 Å². The van der Waals surface area contributed by atoms with E-state index in [0.29, 0.717) is 23.8 Å². The molecule has 4 atom stereocenters. The first kappa shape index (κ1) is 28.9. The molecule has 0 amide bonds. The summed E-state index contributed by atoms with van der Waals surface area (Å²) in [4.78, 5) is 25.4. The molecule has 6 rings (SSSR count). The van der Waals surface area contributed by atoms with E-state index >= 15 is 4.39 Å². The number of para-hydroxylation sites is 1. The van der Waals surface area contributed by atoms with E-state index in [1.165, 1.54) is 17.2 Å². The van der Waals surface area contributed by atoms with Gasteiger partial charge in [0.25, 0.3) is 0 Å². The van der Waals surface area contributed by atoms with Crippen molar-refractivity contribution in [2.45, 2.75) is 37.8 Å². The Kier molecular flexibility index (Phi) is 8.48. The molecule has 2 aromatic heterocycles. The lowest BCUT2D eigenvalue weighted by Crippen LogP contribution is -2.40. The Morgan fingerprint density at radius 3 is 2.60 bits per heavy atom. The van der Waals surface area contributed by atoms with Gasteiger partial charge in [0.2, 0.25) is 0 Å². The molecule has 4 aromatic rings. The maximum absolute atomic E-state index is 15.1. The quantitative estimate of drug-likeness (QED) is 0.163. The number of rotatable bonds is 13. The predicted octanol–water partition coefficient (Wildman–Crippen LogP) is 4.52. The SMILES string of the molecule is Nc1ncnc2c1ncn2[C@@H]1O[C@H](OCP(=O)(NC(Cc2ccccc2)C(=O)OCC2CC2)Oc2ccccc2)C=C1F. The second-order valence-electron chi connectivity index (χ2n) is 10.3. The first-order valence-electron chi connectivity index (χ1n) is 13.8. The number of esters is 1. The lowest BCUT2D eigenvalue weighted by molar-refractivity contribution is -0.146. The minimum atomic E-state index is -3.98. The maximum atomic E-state index is 15.1. The first-order valence-corrected chi connectivity index (χ1v) is 15.6. The van der Waals surface area contributed by atoms with Crippen LogP contribution >= 0.6 is 7.52 Å². The van der Waals surface area contributed by atoms with Gasteiger partial charge in [0.05, 0.1) is 12.9 Å². The highest BCUT2D eigenvalue weighted by Crippen LogP contribution is 2.45. The van der Waals surface area contributed by atoms with E-state index in [1.807, 2.05) is 30.3 Å². The number of hydrogen-bond acceptors (Lipinski definition) is 10. The van der Waals surface area contributed by atoms with Crippen LogP contribution in [0.3, 0.4) is 0 Å². The fraction of sp³-hybridized carbons (Fsp3) is 0.310. The Balaban J connectivity index is 1.20. The van der Waals surface area contributed by atoms with Crippen LogP contribution in [0, 0.1) is 5.92 Å². The van der Waals surface area contributed by atoms with Gasteiger partial charge in [0.1, 0.15) is 23.6 Å². The Morgan fingerprint density at radius 2 is 1.86 bits per heavy atom. The summed E-state index contributed by atoms with van der Waals surface area (Å²) in [6.07, 6.45) is 2.88. The molecule has 2 unspecified atom stereocenters. The molecular weight excluding hydrogens is 578 g/mol. The molecule has 0 saturated heterocycles.